The average Bonchev–Trinajstić information content (AvgIpc) is 2.93. The summed E-state index contributed by atoms with van der Waals surface area (Å²) in [7, 11) is 0. The van der Waals surface area contributed by atoms with Crippen LogP contribution in [0.25, 0.3) is 0 Å². The molecule has 0 bridgehead atoms. The summed E-state index contributed by atoms with van der Waals surface area (Å²) in [4.78, 5) is 62.4. The molecule has 7 N–H and O–H groups in total. The second-order valence-corrected chi connectivity index (χ2v) is 10.2. The number of amides is 3. The van der Waals surface area contributed by atoms with Crippen molar-refractivity contribution in [2.75, 3.05) is 12.0 Å². The number of aliphatic carboxylic acids is 2. The molecule has 0 heterocycles. The Morgan fingerprint density at radius 1 is 0.725 bits per heavy atom. The highest BCUT2D eigenvalue weighted by molar-refractivity contribution is 7.98. The molecule has 0 aliphatic heterocycles. The molecule has 3 amide bonds. The number of carboxylic acid groups (broad SMARTS) is 2. The van der Waals surface area contributed by atoms with E-state index in [4.69, 9.17) is 10.8 Å². The van der Waals surface area contributed by atoms with E-state index in [0.717, 1.165) is 0 Å². The zero-order chi connectivity index (χ0) is 29.5. The van der Waals surface area contributed by atoms with Crippen molar-refractivity contribution in [1.82, 2.24) is 16.0 Å². The van der Waals surface area contributed by atoms with E-state index in [2.05, 4.69) is 16.0 Å². The molecule has 0 aliphatic carbocycles. The van der Waals surface area contributed by atoms with Crippen LogP contribution < -0.4 is 21.7 Å². The number of carbonyl (C=O) groups is 5. The number of carbonyl (C=O) groups excluding carboxylic acids is 3. The number of nitrogens with two attached hydrogens (primary N) is 1. The topological polar surface area (TPSA) is 188 Å². The quantitative estimate of drug-likeness (QED) is 0.160. The lowest BCUT2D eigenvalue weighted by Crippen LogP contribution is -2.58. The fourth-order valence-corrected chi connectivity index (χ4v) is 4.33. The van der Waals surface area contributed by atoms with Gasteiger partial charge in [0.1, 0.15) is 18.1 Å². The van der Waals surface area contributed by atoms with E-state index in [9.17, 15) is 29.1 Å². The summed E-state index contributed by atoms with van der Waals surface area (Å²) in [5.74, 6) is -3.92. The maximum atomic E-state index is 13.3. The molecule has 0 saturated heterocycles. The predicted octanol–water partition coefficient (Wildman–Crippen LogP) is 0.956. The number of carboxylic acids is 2. The van der Waals surface area contributed by atoms with Crippen LogP contribution in [0.2, 0.25) is 0 Å². The van der Waals surface area contributed by atoms with Gasteiger partial charge in [-0.05, 0) is 36.0 Å². The second-order valence-electron chi connectivity index (χ2n) is 9.22. The summed E-state index contributed by atoms with van der Waals surface area (Å²) >= 11 is 1.50. The van der Waals surface area contributed by atoms with Gasteiger partial charge in [-0.1, -0.05) is 60.7 Å². The number of thioether (sulfide) groups is 1. The van der Waals surface area contributed by atoms with Gasteiger partial charge in [-0.15, -0.1) is 0 Å². The van der Waals surface area contributed by atoms with E-state index >= 15 is 0 Å². The molecular weight excluding hydrogens is 536 g/mol. The number of hydrogen-bond acceptors (Lipinski definition) is 7. The summed E-state index contributed by atoms with van der Waals surface area (Å²) in [6.45, 7) is 0. The minimum absolute atomic E-state index is 0.0269. The molecule has 0 radical (unpaired) electrons. The predicted molar refractivity (Wildman–Crippen MR) is 152 cm³/mol. The molecular formula is C28H36N4O7S. The van der Waals surface area contributed by atoms with Gasteiger partial charge in [-0.3, -0.25) is 19.2 Å². The third-order valence-electron chi connectivity index (χ3n) is 6.06. The van der Waals surface area contributed by atoms with Crippen LogP contribution in [-0.4, -0.2) is 76.0 Å². The molecule has 216 valence electrons. The van der Waals surface area contributed by atoms with Crippen LogP contribution in [0.1, 0.15) is 30.4 Å². The number of nitrogens with one attached hydrogen (secondary N) is 3. The summed E-state index contributed by atoms with van der Waals surface area (Å²) < 4.78 is 0. The van der Waals surface area contributed by atoms with Crippen LogP contribution >= 0.6 is 11.8 Å². The van der Waals surface area contributed by atoms with Gasteiger partial charge in [0, 0.05) is 19.3 Å². The molecule has 12 heteroatoms. The molecule has 11 nitrogen and oxygen atoms in total. The van der Waals surface area contributed by atoms with E-state index in [1.165, 1.54) is 11.8 Å². The molecule has 2 rings (SSSR count). The number of hydrogen-bond donors (Lipinski definition) is 6. The molecule has 0 spiro atoms. The highest BCUT2D eigenvalue weighted by atomic mass is 32.2. The summed E-state index contributed by atoms with van der Waals surface area (Å²) in [5.41, 5.74) is 7.31. The standard InChI is InChI=1S/C28H36N4O7S/c1-40-15-14-20(29)25(35)30-21(12-13-24(33)34)26(36)31-22(16-18-8-4-2-5-9-18)27(37)32-23(28(38)39)17-19-10-6-3-7-11-19/h2-11,20-23H,12-17,29H2,1H3,(H,30,35)(H,31,36)(H,32,37)(H,33,34)(H,38,39). The lowest BCUT2D eigenvalue weighted by molar-refractivity contribution is -0.142. The highest BCUT2D eigenvalue weighted by Crippen LogP contribution is 2.09. The van der Waals surface area contributed by atoms with Crippen LogP contribution in [0.5, 0.6) is 0 Å². The molecule has 4 atom stereocenters. The zero-order valence-corrected chi connectivity index (χ0v) is 23.1. The van der Waals surface area contributed by atoms with Crippen molar-refractivity contribution in [3.8, 4) is 0 Å². The molecule has 2 aromatic carbocycles. The van der Waals surface area contributed by atoms with Crippen molar-refractivity contribution in [2.24, 2.45) is 5.73 Å². The Hall–Kier alpha value is -3.90. The summed E-state index contributed by atoms with van der Waals surface area (Å²) in [5, 5.41) is 26.5. The van der Waals surface area contributed by atoms with E-state index < -0.39 is 60.2 Å². The average molecular weight is 573 g/mol. The minimum atomic E-state index is -1.27. The van der Waals surface area contributed by atoms with Crippen molar-refractivity contribution in [3.05, 3.63) is 71.8 Å². The second kappa shape index (κ2) is 16.9. The van der Waals surface area contributed by atoms with Gasteiger partial charge < -0.3 is 31.9 Å². The maximum Gasteiger partial charge on any atom is 0.326 e. The molecule has 40 heavy (non-hydrogen) atoms. The third kappa shape index (κ3) is 11.5. The first-order chi connectivity index (χ1) is 19.1. The van der Waals surface area contributed by atoms with E-state index in [0.29, 0.717) is 23.3 Å². The summed E-state index contributed by atoms with van der Waals surface area (Å²) in [6, 6.07) is 13.0. The minimum Gasteiger partial charge on any atom is -0.481 e. The van der Waals surface area contributed by atoms with Gasteiger partial charge in [-0.2, -0.15) is 11.8 Å². The fourth-order valence-electron chi connectivity index (χ4n) is 3.84. The first-order valence-corrected chi connectivity index (χ1v) is 14.2. The number of benzene rings is 2. The van der Waals surface area contributed by atoms with Gasteiger partial charge >= 0.3 is 11.9 Å². The van der Waals surface area contributed by atoms with Gasteiger partial charge in [-0.25, -0.2) is 4.79 Å². The van der Waals surface area contributed by atoms with Crippen LogP contribution in [-0.2, 0) is 36.8 Å². The van der Waals surface area contributed by atoms with Crippen molar-refractivity contribution in [3.63, 3.8) is 0 Å². The number of rotatable bonds is 17. The van der Waals surface area contributed by atoms with Crippen molar-refractivity contribution >= 4 is 41.4 Å². The Morgan fingerprint density at radius 2 is 1.20 bits per heavy atom. The van der Waals surface area contributed by atoms with Gasteiger partial charge in [0.15, 0.2) is 0 Å². The Bertz CT molecular complexity index is 1130. The van der Waals surface area contributed by atoms with Crippen LogP contribution in [0.15, 0.2) is 60.7 Å². The van der Waals surface area contributed by atoms with Gasteiger partial charge in [0.2, 0.25) is 17.7 Å². The largest absolute Gasteiger partial charge is 0.481 e. The smallest absolute Gasteiger partial charge is 0.326 e. The Labute approximate surface area is 237 Å². The van der Waals surface area contributed by atoms with Crippen molar-refractivity contribution < 1.29 is 34.2 Å². The van der Waals surface area contributed by atoms with E-state index in [1.807, 2.05) is 6.26 Å². The van der Waals surface area contributed by atoms with Crippen molar-refractivity contribution in [2.45, 2.75) is 56.3 Å². The Morgan fingerprint density at radius 3 is 1.70 bits per heavy atom. The fraction of sp³-hybridized carbons (Fsp3) is 0.393. The first kappa shape index (κ1) is 32.3. The monoisotopic (exact) mass is 572 g/mol. The molecule has 4 unspecified atom stereocenters. The van der Waals surface area contributed by atoms with Crippen LogP contribution in [0.4, 0.5) is 0 Å². The maximum absolute atomic E-state index is 13.3. The van der Waals surface area contributed by atoms with Crippen LogP contribution in [0, 0.1) is 0 Å². The third-order valence-corrected chi connectivity index (χ3v) is 6.71. The van der Waals surface area contributed by atoms with Crippen LogP contribution in [0.3, 0.4) is 0 Å². The molecule has 2 aromatic rings. The van der Waals surface area contributed by atoms with Gasteiger partial charge in [0.25, 0.3) is 0 Å². The molecule has 0 saturated carbocycles. The Balaban J connectivity index is 2.24. The van der Waals surface area contributed by atoms with Gasteiger partial charge in [0.05, 0.1) is 6.04 Å². The highest BCUT2D eigenvalue weighted by Gasteiger charge is 2.31. The van der Waals surface area contributed by atoms with Crippen molar-refractivity contribution in [1.29, 1.82) is 0 Å². The van der Waals surface area contributed by atoms with E-state index in [-0.39, 0.29) is 19.3 Å². The molecule has 0 aromatic heterocycles. The SMILES string of the molecule is CSCCC(N)C(=O)NC(CCC(=O)O)C(=O)NC(Cc1ccccc1)C(=O)NC(Cc1ccccc1)C(=O)O. The molecule has 0 fully saturated rings. The normalized spacial score (nSPS) is 13.8. The lowest BCUT2D eigenvalue weighted by atomic mass is 10.0. The zero-order valence-electron chi connectivity index (χ0n) is 22.2. The Kier molecular flexibility index (Phi) is 13.7. The van der Waals surface area contributed by atoms with E-state index in [1.54, 1.807) is 60.7 Å². The lowest BCUT2D eigenvalue weighted by Gasteiger charge is -2.25. The summed E-state index contributed by atoms with van der Waals surface area (Å²) in [6.07, 6.45) is 1.64. The molecule has 0 aliphatic rings. The first-order valence-electron chi connectivity index (χ1n) is 12.8.